The van der Waals surface area contributed by atoms with Crippen molar-refractivity contribution in [1.29, 1.82) is 5.26 Å². The molecule has 2 amide bonds. The van der Waals surface area contributed by atoms with Crippen LogP contribution in [0.4, 0.5) is 9.59 Å². The van der Waals surface area contributed by atoms with E-state index in [2.05, 4.69) is 6.07 Å². The Morgan fingerprint density at radius 3 is 2.00 bits per heavy atom. The summed E-state index contributed by atoms with van der Waals surface area (Å²) in [7, 11) is 0. The van der Waals surface area contributed by atoms with Gasteiger partial charge in [0.1, 0.15) is 11.2 Å². The van der Waals surface area contributed by atoms with E-state index >= 15 is 0 Å². The number of hydrogen-bond acceptors (Lipinski definition) is 6. The van der Waals surface area contributed by atoms with E-state index in [1.165, 1.54) is 0 Å². The molecule has 1 unspecified atom stereocenters. The summed E-state index contributed by atoms with van der Waals surface area (Å²) in [5.41, 5.74) is 5.60. The minimum atomic E-state index is -0.852. The smallest absolute Gasteiger partial charge is 0.420 e. The van der Waals surface area contributed by atoms with E-state index in [1.54, 1.807) is 59.8 Å². The molecule has 7 heteroatoms. The van der Waals surface area contributed by atoms with Crippen molar-refractivity contribution in [3.05, 3.63) is 35.1 Å². The summed E-state index contributed by atoms with van der Waals surface area (Å²) >= 11 is 0. The fourth-order valence-electron chi connectivity index (χ4n) is 2.30. The van der Waals surface area contributed by atoms with Crippen LogP contribution in [0.2, 0.25) is 0 Å². The molecule has 0 aromatic heterocycles. The van der Waals surface area contributed by atoms with Crippen LogP contribution in [0.5, 0.6) is 0 Å². The second-order valence-electron chi connectivity index (χ2n) is 8.43. The number of allylic oxidation sites excluding steroid dienone is 3. The Morgan fingerprint density at radius 2 is 1.59 bits per heavy atom. The second-order valence-corrected chi connectivity index (χ2v) is 8.43. The van der Waals surface area contributed by atoms with Gasteiger partial charge in [-0.2, -0.15) is 5.26 Å². The Balaban J connectivity index is 3.25. The molecule has 0 aromatic rings. The first-order valence-electron chi connectivity index (χ1n) is 8.75. The second kappa shape index (κ2) is 8.30. The Kier molecular flexibility index (Phi) is 6.85. The van der Waals surface area contributed by atoms with Crippen LogP contribution < -0.4 is 5.73 Å². The van der Waals surface area contributed by atoms with E-state index in [-0.39, 0.29) is 12.5 Å². The summed E-state index contributed by atoms with van der Waals surface area (Å²) in [4.78, 5) is 26.1. The van der Waals surface area contributed by atoms with E-state index < -0.39 is 23.4 Å². The van der Waals surface area contributed by atoms with Gasteiger partial charge in [-0.05, 0) is 59.1 Å². The molecule has 7 nitrogen and oxygen atoms in total. The van der Waals surface area contributed by atoms with Gasteiger partial charge >= 0.3 is 12.2 Å². The third kappa shape index (κ3) is 7.57. The van der Waals surface area contributed by atoms with Crippen LogP contribution in [0.1, 0.15) is 48.5 Å². The minimum Gasteiger partial charge on any atom is -0.443 e. The lowest BCUT2D eigenvalue weighted by atomic mass is 10.0. The van der Waals surface area contributed by atoms with Crippen molar-refractivity contribution in [3.8, 4) is 6.07 Å². The van der Waals surface area contributed by atoms with Crippen molar-refractivity contribution in [3.63, 3.8) is 0 Å². The molecule has 1 aliphatic rings. The number of nitriles is 1. The molecule has 0 spiro atoms. The third-order valence-corrected chi connectivity index (χ3v) is 3.25. The van der Waals surface area contributed by atoms with Crippen molar-refractivity contribution in [2.75, 3.05) is 6.54 Å². The van der Waals surface area contributed by atoms with Crippen LogP contribution in [-0.2, 0) is 9.47 Å². The normalized spacial score (nSPS) is 17.6. The topological polar surface area (TPSA) is 106 Å². The standard InChI is InChI=1S/C20H29N3O4/c1-13-8-14(11-21)15(10-16(22)9-13)12-23(17(24)26-19(2,3)4)18(25)27-20(5,6)7/h8-10,13H,12,22H2,1-7H3. The first-order valence-corrected chi connectivity index (χ1v) is 8.75. The van der Waals surface area contributed by atoms with Gasteiger partial charge in [-0.1, -0.05) is 19.1 Å². The number of carbonyl (C=O) groups is 2. The molecule has 0 saturated heterocycles. The van der Waals surface area contributed by atoms with Crippen molar-refractivity contribution in [1.82, 2.24) is 4.90 Å². The number of hydrogen-bond donors (Lipinski definition) is 1. The highest BCUT2D eigenvalue weighted by atomic mass is 16.6. The molecule has 0 radical (unpaired) electrons. The lowest BCUT2D eigenvalue weighted by molar-refractivity contribution is 0.00335. The number of ether oxygens (including phenoxy) is 2. The van der Waals surface area contributed by atoms with Crippen molar-refractivity contribution in [2.45, 2.75) is 59.7 Å². The van der Waals surface area contributed by atoms with Crippen molar-refractivity contribution < 1.29 is 19.1 Å². The van der Waals surface area contributed by atoms with Gasteiger partial charge < -0.3 is 15.2 Å². The van der Waals surface area contributed by atoms with Crippen molar-refractivity contribution in [2.24, 2.45) is 11.7 Å². The molecule has 1 rings (SSSR count). The molecule has 1 atom stereocenters. The lowest BCUT2D eigenvalue weighted by Gasteiger charge is -2.29. The first-order chi connectivity index (χ1) is 12.2. The molecule has 2 N–H and O–H groups in total. The molecule has 0 fully saturated rings. The molecule has 0 aromatic carbocycles. The average Bonchev–Trinajstić information content (AvgIpc) is 2.58. The van der Waals surface area contributed by atoms with E-state index in [0.29, 0.717) is 16.8 Å². The van der Waals surface area contributed by atoms with E-state index in [9.17, 15) is 14.9 Å². The van der Waals surface area contributed by atoms with Crippen LogP contribution in [0.15, 0.2) is 35.1 Å². The zero-order valence-corrected chi connectivity index (χ0v) is 17.1. The summed E-state index contributed by atoms with van der Waals surface area (Å²) in [5, 5.41) is 9.48. The average molecular weight is 375 g/mol. The van der Waals surface area contributed by atoms with Gasteiger partial charge in [0.25, 0.3) is 0 Å². The van der Waals surface area contributed by atoms with Crippen LogP contribution >= 0.6 is 0 Å². The molecule has 148 valence electrons. The van der Waals surface area contributed by atoms with Gasteiger partial charge in [-0.25, -0.2) is 14.5 Å². The number of imide groups is 1. The highest BCUT2D eigenvalue weighted by Crippen LogP contribution is 2.23. The fraction of sp³-hybridized carbons (Fsp3) is 0.550. The van der Waals surface area contributed by atoms with Gasteiger partial charge in [0, 0.05) is 5.70 Å². The predicted octanol–water partition coefficient (Wildman–Crippen LogP) is 4.03. The molecule has 1 aliphatic carbocycles. The maximum absolute atomic E-state index is 12.6. The van der Waals surface area contributed by atoms with Crippen LogP contribution in [0, 0.1) is 17.2 Å². The predicted molar refractivity (Wildman–Crippen MR) is 102 cm³/mol. The molecule has 0 heterocycles. The lowest BCUT2D eigenvalue weighted by Crippen LogP contribution is -2.44. The monoisotopic (exact) mass is 375 g/mol. The van der Waals surface area contributed by atoms with Gasteiger partial charge in [-0.15, -0.1) is 0 Å². The summed E-state index contributed by atoms with van der Waals surface area (Å²) in [6.07, 6.45) is 3.40. The molecular formula is C20H29N3O4. The Hall–Kier alpha value is -2.75. The molecule has 0 saturated carbocycles. The maximum Gasteiger partial charge on any atom is 0.420 e. The van der Waals surface area contributed by atoms with E-state index in [4.69, 9.17) is 15.2 Å². The van der Waals surface area contributed by atoms with Gasteiger partial charge in [0.15, 0.2) is 0 Å². The van der Waals surface area contributed by atoms with Crippen LogP contribution in [0.3, 0.4) is 0 Å². The first kappa shape index (κ1) is 22.3. The SMILES string of the molecule is CC1C=C(N)C=C(CN(C(=O)OC(C)(C)C)C(=O)OC(C)(C)C)C(C#N)=C1. The van der Waals surface area contributed by atoms with Gasteiger partial charge in [-0.3, -0.25) is 0 Å². The fourth-order valence-corrected chi connectivity index (χ4v) is 2.30. The number of nitrogens with zero attached hydrogens (tertiary/aromatic N) is 2. The summed E-state index contributed by atoms with van der Waals surface area (Å²) in [6, 6.07) is 2.10. The molecule has 0 bridgehead atoms. The third-order valence-electron chi connectivity index (χ3n) is 3.25. The molecule has 0 aliphatic heterocycles. The minimum absolute atomic E-state index is 0.0510. The summed E-state index contributed by atoms with van der Waals surface area (Å²) < 4.78 is 10.7. The zero-order chi connectivity index (χ0) is 21.0. The largest absolute Gasteiger partial charge is 0.443 e. The molecular weight excluding hydrogens is 346 g/mol. The number of carbonyl (C=O) groups excluding carboxylic acids is 2. The highest BCUT2D eigenvalue weighted by molar-refractivity contribution is 5.88. The quantitative estimate of drug-likeness (QED) is 0.781. The number of rotatable bonds is 2. The van der Waals surface area contributed by atoms with Gasteiger partial charge in [0.05, 0.1) is 18.2 Å². The van der Waals surface area contributed by atoms with Crippen molar-refractivity contribution >= 4 is 12.2 Å². The van der Waals surface area contributed by atoms with Crippen LogP contribution in [0.25, 0.3) is 0 Å². The Bertz CT molecular complexity index is 700. The van der Waals surface area contributed by atoms with Gasteiger partial charge in [0.2, 0.25) is 0 Å². The Labute approximate surface area is 161 Å². The van der Waals surface area contributed by atoms with E-state index in [1.807, 2.05) is 6.92 Å². The Morgan fingerprint density at radius 1 is 1.11 bits per heavy atom. The number of nitrogens with two attached hydrogens (primary N) is 1. The summed E-state index contributed by atoms with van der Waals surface area (Å²) in [5.74, 6) is -0.0510. The number of amides is 2. The van der Waals surface area contributed by atoms with E-state index in [0.717, 1.165) is 4.90 Å². The molecule has 27 heavy (non-hydrogen) atoms. The zero-order valence-electron chi connectivity index (χ0n) is 17.1. The highest BCUT2D eigenvalue weighted by Gasteiger charge is 2.32. The van der Waals surface area contributed by atoms with Crippen LogP contribution in [-0.4, -0.2) is 34.8 Å². The maximum atomic E-state index is 12.6. The summed E-state index contributed by atoms with van der Waals surface area (Å²) in [6.45, 7) is 11.9.